The lowest BCUT2D eigenvalue weighted by molar-refractivity contribution is -0.116. The Hall–Kier alpha value is -2.65. The third-order valence-corrected chi connectivity index (χ3v) is 5.34. The van der Waals surface area contributed by atoms with Crippen LogP contribution in [0.4, 0.5) is 11.4 Å². The minimum Gasteiger partial charge on any atom is -0.326 e. The van der Waals surface area contributed by atoms with Crippen LogP contribution < -0.4 is 16.2 Å². The largest absolute Gasteiger partial charge is 0.326 e. The minimum absolute atomic E-state index is 0.0582. The number of anilines is 2. The van der Waals surface area contributed by atoms with Crippen LogP contribution in [0.15, 0.2) is 46.7 Å². The molecular formula is C18H18N4O3S2. The Bertz CT molecular complexity index is 1010. The van der Waals surface area contributed by atoms with Crippen LogP contribution in [0.25, 0.3) is 4.96 Å². The average Bonchev–Trinajstić information content (AvgIpc) is 3.12. The molecule has 0 aliphatic carbocycles. The molecule has 2 heterocycles. The van der Waals surface area contributed by atoms with Gasteiger partial charge in [-0.25, -0.2) is 4.98 Å². The van der Waals surface area contributed by atoms with Gasteiger partial charge in [-0.2, -0.15) is 0 Å². The lowest BCUT2D eigenvalue weighted by atomic mass is 10.2. The lowest BCUT2D eigenvalue weighted by Crippen LogP contribution is -2.15. The predicted molar refractivity (Wildman–Crippen MR) is 109 cm³/mol. The molecule has 0 radical (unpaired) electrons. The number of hydrogen-bond acceptors (Lipinski definition) is 6. The van der Waals surface area contributed by atoms with Gasteiger partial charge in [-0.3, -0.25) is 18.8 Å². The van der Waals surface area contributed by atoms with Crippen molar-refractivity contribution in [2.24, 2.45) is 0 Å². The summed E-state index contributed by atoms with van der Waals surface area (Å²) < 4.78 is 1.50. The van der Waals surface area contributed by atoms with E-state index in [1.54, 1.807) is 37.4 Å². The first-order valence-corrected chi connectivity index (χ1v) is 10.3. The van der Waals surface area contributed by atoms with E-state index in [4.69, 9.17) is 0 Å². The normalized spacial score (nSPS) is 10.7. The van der Waals surface area contributed by atoms with E-state index in [0.717, 1.165) is 0 Å². The number of carbonyl (C=O) groups is 2. The highest BCUT2D eigenvalue weighted by Crippen LogP contribution is 2.16. The summed E-state index contributed by atoms with van der Waals surface area (Å²) in [6.45, 7) is 1.78. The van der Waals surface area contributed by atoms with Crippen LogP contribution >= 0.6 is 23.1 Å². The number of carbonyl (C=O) groups excluding carboxylic acids is 2. The maximum absolute atomic E-state index is 12.1. The standard InChI is InChI=1S/C18H18N4O3S2/c1-2-15(23)19-12-3-5-13(6-4-12)20-16(24)11-26-10-14-9-17(25)22-7-8-27-18(22)21-14/h3-9H,2,10-11H2,1H3,(H,19,23)(H,20,24). The summed E-state index contributed by atoms with van der Waals surface area (Å²) in [6, 6.07) is 8.45. The lowest BCUT2D eigenvalue weighted by Gasteiger charge is -2.07. The summed E-state index contributed by atoms with van der Waals surface area (Å²) in [5, 5.41) is 7.37. The Kier molecular flexibility index (Phi) is 6.25. The number of rotatable bonds is 7. The number of nitrogens with zero attached hydrogens (tertiary/aromatic N) is 2. The van der Waals surface area contributed by atoms with Gasteiger partial charge >= 0.3 is 0 Å². The Morgan fingerprint density at radius 3 is 2.48 bits per heavy atom. The molecule has 0 fully saturated rings. The second kappa shape index (κ2) is 8.83. The van der Waals surface area contributed by atoms with Crippen LogP contribution in [-0.4, -0.2) is 27.0 Å². The van der Waals surface area contributed by atoms with E-state index in [9.17, 15) is 14.4 Å². The number of thiazole rings is 1. The Morgan fingerprint density at radius 2 is 1.81 bits per heavy atom. The third-order valence-electron chi connectivity index (χ3n) is 3.61. The van der Waals surface area contributed by atoms with Crippen LogP contribution in [0, 0.1) is 0 Å². The van der Waals surface area contributed by atoms with Crippen molar-refractivity contribution in [3.05, 3.63) is 58.0 Å². The molecule has 0 aliphatic rings. The zero-order chi connectivity index (χ0) is 19.2. The predicted octanol–water partition coefficient (Wildman–Crippen LogP) is 2.98. The molecule has 3 rings (SSSR count). The molecule has 3 aromatic rings. The van der Waals surface area contributed by atoms with Crippen molar-refractivity contribution in [3.8, 4) is 0 Å². The highest BCUT2D eigenvalue weighted by molar-refractivity contribution is 7.99. The molecule has 0 unspecified atom stereocenters. The highest BCUT2D eigenvalue weighted by atomic mass is 32.2. The quantitative estimate of drug-likeness (QED) is 0.634. The summed E-state index contributed by atoms with van der Waals surface area (Å²) in [5.41, 5.74) is 1.90. The van der Waals surface area contributed by atoms with E-state index in [2.05, 4.69) is 15.6 Å². The topological polar surface area (TPSA) is 92.6 Å². The van der Waals surface area contributed by atoms with Crippen molar-refractivity contribution in [1.82, 2.24) is 9.38 Å². The molecule has 2 aromatic heterocycles. The highest BCUT2D eigenvalue weighted by Gasteiger charge is 2.07. The van der Waals surface area contributed by atoms with Crippen LogP contribution in [0.3, 0.4) is 0 Å². The van der Waals surface area contributed by atoms with E-state index >= 15 is 0 Å². The Labute approximate surface area is 163 Å². The Balaban J connectivity index is 1.49. The van der Waals surface area contributed by atoms with Crippen molar-refractivity contribution >= 4 is 51.2 Å². The third kappa shape index (κ3) is 5.18. The van der Waals surface area contributed by atoms with Gasteiger partial charge in [-0.05, 0) is 24.3 Å². The average molecular weight is 403 g/mol. The fourth-order valence-electron chi connectivity index (χ4n) is 2.29. The van der Waals surface area contributed by atoms with Gasteiger partial charge in [0, 0.05) is 41.2 Å². The monoisotopic (exact) mass is 402 g/mol. The zero-order valence-electron chi connectivity index (χ0n) is 14.6. The van der Waals surface area contributed by atoms with Gasteiger partial charge in [0.2, 0.25) is 11.8 Å². The van der Waals surface area contributed by atoms with Gasteiger partial charge in [0.25, 0.3) is 5.56 Å². The van der Waals surface area contributed by atoms with Crippen LogP contribution in [0.2, 0.25) is 0 Å². The zero-order valence-corrected chi connectivity index (χ0v) is 16.2. The summed E-state index contributed by atoms with van der Waals surface area (Å²) >= 11 is 2.79. The number of nitrogens with one attached hydrogen (secondary N) is 2. The molecule has 2 amide bonds. The molecule has 0 saturated heterocycles. The first-order valence-electron chi connectivity index (χ1n) is 8.28. The molecule has 0 spiro atoms. The molecule has 140 valence electrons. The molecular weight excluding hydrogens is 384 g/mol. The van der Waals surface area contributed by atoms with Crippen molar-refractivity contribution in [2.75, 3.05) is 16.4 Å². The number of fused-ring (bicyclic) bond motifs is 1. The molecule has 1 aromatic carbocycles. The summed E-state index contributed by atoms with van der Waals surface area (Å²) in [7, 11) is 0. The van der Waals surface area contributed by atoms with Gasteiger partial charge in [0.1, 0.15) is 0 Å². The SMILES string of the molecule is CCC(=O)Nc1ccc(NC(=O)CSCc2cc(=O)n3ccsc3n2)cc1. The molecule has 0 saturated carbocycles. The van der Waals surface area contributed by atoms with Crippen molar-refractivity contribution in [3.63, 3.8) is 0 Å². The van der Waals surface area contributed by atoms with Gasteiger partial charge in [0.15, 0.2) is 4.96 Å². The van der Waals surface area contributed by atoms with Gasteiger partial charge in [0.05, 0.1) is 11.4 Å². The van der Waals surface area contributed by atoms with Gasteiger partial charge < -0.3 is 10.6 Å². The van der Waals surface area contributed by atoms with Gasteiger partial charge in [-0.1, -0.05) is 6.92 Å². The van der Waals surface area contributed by atoms with E-state index in [1.165, 1.54) is 33.6 Å². The fourth-order valence-corrected chi connectivity index (χ4v) is 3.75. The molecule has 2 N–H and O–H groups in total. The summed E-state index contributed by atoms with van der Waals surface area (Å²) in [6.07, 6.45) is 2.11. The van der Waals surface area contributed by atoms with E-state index in [-0.39, 0.29) is 23.1 Å². The molecule has 27 heavy (non-hydrogen) atoms. The van der Waals surface area contributed by atoms with E-state index in [0.29, 0.717) is 34.2 Å². The van der Waals surface area contributed by atoms with Crippen molar-refractivity contribution in [2.45, 2.75) is 19.1 Å². The Morgan fingerprint density at radius 1 is 1.15 bits per heavy atom. The maximum Gasteiger partial charge on any atom is 0.258 e. The number of aromatic nitrogens is 2. The van der Waals surface area contributed by atoms with Crippen molar-refractivity contribution < 1.29 is 9.59 Å². The first-order chi connectivity index (χ1) is 13.0. The first kappa shape index (κ1) is 19.1. The van der Waals surface area contributed by atoms with Gasteiger partial charge in [-0.15, -0.1) is 23.1 Å². The number of hydrogen-bond donors (Lipinski definition) is 2. The summed E-state index contributed by atoms with van der Waals surface area (Å²) in [4.78, 5) is 40.4. The molecule has 0 bridgehead atoms. The molecule has 9 heteroatoms. The molecule has 7 nitrogen and oxygen atoms in total. The smallest absolute Gasteiger partial charge is 0.258 e. The van der Waals surface area contributed by atoms with Crippen LogP contribution in [0.1, 0.15) is 19.0 Å². The summed E-state index contributed by atoms with van der Waals surface area (Å²) in [5.74, 6) is 0.537. The number of benzene rings is 1. The second-order valence-electron chi connectivity index (χ2n) is 5.66. The minimum atomic E-state index is -0.140. The van der Waals surface area contributed by atoms with Crippen LogP contribution in [-0.2, 0) is 15.3 Å². The second-order valence-corrected chi connectivity index (χ2v) is 7.52. The molecule has 0 aliphatic heterocycles. The number of thioether (sulfide) groups is 1. The van der Waals surface area contributed by atoms with Crippen molar-refractivity contribution in [1.29, 1.82) is 0 Å². The maximum atomic E-state index is 12.1. The van der Waals surface area contributed by atoms with E-state index in [1.807, 2.05) is 5.38 Å². The van der Waals surface area contributed by atoms with Crippen LogP contribution in [0.5, 0.6) is 0 Å². The van der Waals surface area contributed by atoms with E-state index < -0.39 is 0 Å². The molecule has 0 atom stereocenters. The fraction of sp³-hybridized carbons (Fsp3) is 0.222. The number of amides is 2.